The van der Waals surface area contributed by atoms with Crippen LogP contribution in [0.2, 0.25) is 0 Å². The number of rotatable bonds is 4. The molecule has 0 fully saturated rings. The number of carbonyl (C=O) groups excluding carboxylic acids is 1. The molecule has 23 heavy (non-hydrogen) atoms. The van der Waals surface area contributed by atoms with Crippen LogP contribution in [-0.2, 0) is 16.6 Å². The summed E-state index contributed by atoms with van der Waals surface area (Å²) in [7, 11) is 3.67. The molecule has 0 spiro atoms. The maximum absolute atomic E-state index is 12.6. The molecule has 0 amide bonds. The first-order chi connectivity index (χ1) is 11.2. The molecular weight excluding hydrogens is 290 g/mol. The van der Waals surface area contributed by atoms with Gasteiger partial charge in [0.1, 0.15) is 0 Å². The number of hydrogen-bond acceptors (Lipinski definition) is 4. The monoisotopic (exact) mass is 313 g/mol. The number of ketones is 1. The Balaban J connectivity index is 2.02. The summed E-state index contributed by atoms with van der Waals surface area (Å²) in [6.45, 7) is 2.18. The Kier molecular flexibility index (Phi) is 3.27. The van der Waals surface area contributed by atoms with Crippen molar-refractivity contribution in [1.29, 1.82) is 0 Å². The molecule has 4 nitrogen and oxygen atoms in total. The molecule has 1 aromatic carbocycles. The minimum atomic E-state index is -0.418. The van der Waals surface area contributed by atoms with Crippen LogP contribution in [0, 0.1) is 5.92 Å². The summed E-state index contributed by atoms with van der Waals surface area (Å²) in [5, 5.41) is 3.46. The highest BCUT2D eigenvalue weighted by atomic mass is 16.5. The van der Waals surface area contributed by atoms with Crippen molar-refractivity contribution < 1.29 is 14.3 Å². The molecule has 4 rings (SSSR count). The van der Waals surface area contributed by atoms with Crippen LogP contribution < -0.4 is 14.8 Å². The fourth-order valence-corrected chi connectivity index (χ4v) is 5.00. The van der Waals surface area contributed by atoms with Gasteiger partial charge in [0.05, 0.1) is 12.5 Å². The van der Waals surface area contributed by atoms with E-state index < -0.39 is 6.10 Å². The van der Waals surface area contributed by atoms with E-state index in [4.69, 9.17) is 9.47 Å². The predicted octanol–water partition coefficient (Wildman–Crippen LogP) is 2.39. The Hall–Kier alpha value is -1.81. The van der Waals surface area contributed by atoms with Gasteiger partial charge in [0.2, 0.25) is 0 Å². The van der Waals surface area contributed by atoms with Crippen LogP contribution >= 0.6 is 0 Å². The molecule has 0 saturated carbocycles. The van der Waals surface area contributed by atoms with Gasteiger partial charge in [-0.1, -0.05) is 25.5 Å². The molecule has 0 bridgehead atoms. The lowest BCUT2D eigenvalue weighted by molar-refractivity contribution is -0.125. The van der Waals surface area contributed by atoms with E-state index in [1.165, 1.54) is 11.1 Å². The van der Waals surface area contributed by atoms with Crippen molar-refractivity contribution in [2.75, 3.05) is 14.2 Å². The molecule has 2 aliphatic carbocycles. The zero-order valence-electron chi connectivity index (χ0n) is 13.9. The van der Waals surface area contributed by atoms with Crippen LogP contribution in [0.5, 0.6) is 11.5 Å². The van der Waals surface area contributed by atoms with Gasteiger partial charge in [-0.2, -0.15) is 0 Å². The first-order valence-electron chi connectivity index (χ1n) is 8.43. The summed E-state index contributed by atoms with van der Waals surface area (Å²) in [6, 6.07) is 4.43. The van der Waals surface area contributed by atoms with Crippen molar-refractivity contribution >= 4 is 5.78 Å². The molecule has 4 heteroatoms. The van der Waals surface area contributed by atoms with E-state index in [0.29, 0.717) is 6.04 Å². The van der Waals surface area contributed by atoms with Crippen molar-refractivity contribution in [3.63, 3.8) is 0 Å². The molecule has 1 aromatic rings. The average Bonchev–Trinajstić information content (AvgIpc) is 2.91. The zero-order valence-corrected chi connectivity index (χ0v) is 13.9. The molecule has 1 N–H and O–H groups in total. The second-order valence-electron chi connectivity index (χ2n) is 6.81. The summed E-state index contributed by atoms with van der Waals surface area (Å²) in [5.41, 5.74) is 2.25. The Morgan fingerprint density at radius 1 is 1.43 bits per heavy atom. The fourth-order valence-electron chi connectivity index (χ4n) is 5.00. The third kappa shape index (κ3) is 1.73. The smallest absolute Gasteiger partial charge is 0.196 e. The molecule has 122 valence electrons. The lowest BCUT2D eigenvalue weighted by atomic mass is 9.55. The van der Waals surface area contributed by atoms with E-state index in [1.807, 2.05) is 13.1 Å². The van der Waals surface area contributed by atoms with E-state index in [-0.39, 0.29) is 17.1 Å². The summed E-state index contributed by atoms with van der Waals surface area (Å²) in [4.78, 5) is 12.6. The normalized spacial score (nSPS) is 33.3. The number of methoxy groups -OCH3 is 1. The van der Waals surface area contributed by atoms with E-state index >= 15 is 0 Å². The van der Waals surface area contributed by atoms with Crippen LogP contribution in [-0.4, -0.2) is 32.1 Å². The Morgan fingerprint density at radius 3 is 2.96 bits per heavy atom. The summed E-state index contributed by atoms with van der Waals surface area (Å²) >= 11 is 0. The topological polar surface area (TPSA) is 47.6 Å². The summed E-state index contributed by atoms with van der Waals surface area (Å²) < 4.78 is 11.7. The third-order valence-corrected chi connectivity index (χ3v) is 5.83. The number of hydrogen-bond donors (Lipinski definition) is 1. The van der Waals surface area contributed by atoms with Crippen molar-refractivity contribution in [1.82, 2.24) is 5.32 Å². The molecule has 0 aromatic heterocycles. The van der Waals surface area contributed by atoms with Gasteiger partial charge < -0.3 is 14.8 Å². The van der Waals surface area contributed by atoms with E-state index in [0.717, 1.165) is 30.8 Å². The highest BCUT2D eigenvalue weighted by Gasteiger charge is 2.61. The van der Waals surface area contributed by atoms with Crippen LogP contribution in [0.1, 0.15) is 30.9 Å². The Bertz CT molecular complexity index is 696. The van der Waals surface area contributed by atoms with Gasteiger partial charge in [0.25, 0.3) is 0 Å². The first kappa shape index (κ1) is 14.8. The minimum Gasteiger partial charge on any atom is -0.493 e. The second kappa shape index (κ2) is 5.10. The van der Waals surface area contributed by atoms with Crippen molar-refractivity contribution in [3.05, 3.63) is 35.4 Å². The summed E-state index contributed by atoms with van der Waals surface area (Å²) in [6.07, 6.45) is 6.33. The van der Waals surface area contributed by atoms with Gasteiger partial charge in [-0.3, -0.25) is 4.79 Å². The van der Waals surface area contributed by atoms with Gasteiger partial charge in [0.15, 0.2) is 23.4 Å². The molecule has 1 aliphatic heterocycles. The van der Waals surface area contributed by atoms with Crippen LogP contribution in [0.25, 0.3) is 0 Å². The van der Waals surface area contributed by atoms with Crippen LogP contribution in [0.4, 0.5) is 0 Å². The Morgan fingerprint density at radius 2 is 2.26 bits per heavy atom. The average molecular weight is 313 g/mol. The third-order valence-electron chi connectivity index (χ3n) is 5.83. The molecule has 1 heterocycles. The maximum Gasteiger partial charge on any atom is 0.196 e. The predicted molar refractivity (Wildman–Crippen MR) is 88.2 cm³/mol. The van der Waals surface area contributed by atoms with E-state index in [9.17, 15) is 4.79 Å². The highest BCUT2D eigenvalue weighted by molar-refractivity contribution is 5.98. The van der Waals surface area contributed by atoms with Gasteiger partial charge in [0, 0.05) is 17.5 Å². The molecular formula is C19H23NO3. The number of nitrogens with one attached hydrogen (secondary N) is 1. The molecule has 0 radical (unpaired) electrons. The standard InChI is InChI=1S/C19H23NO3/c1-4-9-19-12-6-7-14(21)18(19)23-17-15(22-3)8-5-11(16(17)19)10-13(12)20-2/h5-8,12-13,18,20H,4,9-10H2,1-3H3/t12?,13-,18+,19+/m1/s1. The van der Waals surface area contributed by atoms with Gasteiger partial charge in [-0.15, -0.1) is 0 Å². The number of ether oxygens (including phenoxy) is 2. The SMILES string of the molecule is CCC[C@]12c3c4ccc(OC)c3O[C@H]1C(=O)C=CC2[C@H](NC)C4. The van der Waals surface area contributed by atoms with E-state index in [1.54, 1.807) is 13.2 Å². The quantitative estimate of drug-likeness (QED) is 0.927. The maximum atomic E-state index is 12.6. The number of benzene rings is 1. The van der Waals surface area contributed by atoms with Crippen molar-refractivity contribution in [3.8, 4) is 11.5 Å². The lowest BCUT2D eigenvalue weighted by Gasteiger charge is -2.48. The van der Waals surface area contributed by atoms with Crippen molar-refractivity contribution in [2.24, 2.45) is 5.92 Å². The Labute approximate surface area is 136 Å². The van der Waals surface area contributed by atoms with Crippen molar-refractivity contribution in [2.45, 2.75) is 43.7 Å². The molecule has 3 aliphatic rings. The number of likely N-dealkylation sites (N-methyl/N-ethyl adjacent to an activating group) is 1. The highest BCUT2D eigenvalue weighted by Crippen LogP contribution is 2.60. The molecule has 1 unspecified atom stereocenters. The first-order valence-corrected chi connectivity index (χ1v) is 8.43. The fraction of sp³-hybridized carbons (Fsp3) is 0.526. The van der Waals surface area contributed by atoms with Gasteiger partial charge in [-0.05, 0) is 37.6 Å². The van der Waals surface area contributed by atoms with Crippen LogP contribution in [0.15, 0.2) is 24.3 Å². The number of carbonyl (C=O) groups is 1. The lowest BCUT2D eigenvalue weighted by Crippen LogP contribution is -2.58. The van der Waals surface area contributed by atoms with Gasteiger partial charge >= 0.3 is 0 Å². The minimum absolute atomic E-state index is 0.0793. The summed E-state index contributed by atoms with van der Waals surface area (Å²) in [5.74, 6) is 1.88. The van der Waals surface area contributed by atoms with Gasteiger partial charge in [-0.25, -0.2) is 0 Å². The molecule has 4 atom stereocenters. The van der Waals surface area contributed by atoms with E-state index in [2.05, 4.69) is 24.4 Å². The second-order valence-corrected chi connectivity index (χ2v) is 6.81. The molecule has 0 saturated heterocycles. The zero-order chi connectivity index (χ0) is 16.2. The largest absolute Gasteiger partial charge is 0.493 e. The van der Waals surface area contributed by atoms with Crippen LogP contribution in [0.3, 0.4) is 0 Å².